The van der Waals surface area contributed by atoms with Gasteiger partial charge in [0.2, 0.25) is 0 Å². The summed E-state index contributed by atoms with van der Waals surface area (Å²) in [6.07, 6.45) is 1.30. The van der Waals surface area contributed by atoms with Gasteiger partial charge in [-0.15, -0.1) is 22.7 Å². The molecule has 122 valence electrons. The van der Waals surface area contributed by atoms with E-state index in [2.05, 4.69) is 10.6 Å². The molecule has 2 atom stereocenters. The quantitative estimate of drug-likeness (QED) is 0.475. The minimum Gasteiger partial charge on any atom is -0.386 e. The standard InChI is InChI=1S/C16H24N2O2S2/c19-13(15-5-3-9-21-15)11-17-7-1-2-8-18-12-14(20)16-6-4-10-22-16/h3-6,9-10,13-14,17-20H,1-2,7-8,11-12H2/t13-,14-/m0/s1. The van der Waals surface area contributed by atoms with E-state index in [1.807, 2.05) is 35.0 Å². The predicted molar refractivity (Wildman–Crippen MR) is 93.5 cm³/mol. The first-order valence-corrected chi connectivity index (χ1v) is 9.37. The number of hydrogen-bond donors (Lipinski definition) is 4. The van der Waals surface area contributed by atoms with E-state index < -0.39 is 12.2 Å². The molecule has 0 aliphatic heterocycles. The van der Waals surface area contributed by atoms with Crippen molar-refractivity contribution in [2.24, 2.45) is 0 Å². The number of nitrogens with one attached hydrogen (secondary N) is 2. The van der Waals surface area contributed by atoms with Crippen LogP contribution in [0.3, 0.4) is 0 Å². The highest BCUT2D eigenvalue weighted by Gasteiger charge is 2.08. The molecular weight excluding hydrogens is 316 g/mol. The Morgan fingerprint density at radius 2 is 1.27 bits per heavy atom. The van der Waals surface area contributed by atoms with Crippen LogP contribution in [0, 0.1) is 0 Å². The maximum Gasteiger partial charge on any atom is 0.101 e. The molecule has 0 radical (unpaired) electrons. The van der Waals surface area contributed by atoms with Crippen LogP contribution in [-0.4, -0.2) is 36.4 Å². The number of aliphatic hydroxyl groups excluding tert-OH is 2. The Morgan fingerprint density at radius 3 is 1.64 bits per heavy atom. The van der Waals surface area contributed by atoms with Crippen LogP contribution in [0.15, 0.2) is 35.0 Å². The molecule has 0 saturated heterocycles. The van der Waals surface area contributed by atoms with Gasteiger partial charge in [-0.1, -0.05) is 12.1 Å². The maximum atomic E-state index is 9.91. The topological polar surface area (TPSA) is 64.5 Å². The first-order valence-electron chi connectivity index (χ1n) is 7.61. The normalized spacial score (nSPS) is 14.1. The lowest BCUT2D eigenvalue weighted by atomic mass is 10.2. The molecule has 0 aromatic carbocycles. The molecule has 0 spiro atoms. The van der Waals surface area contributed by atoms with E-state index >= 15 is 0 Å². The van der Waals surface area contributed by atoms with Gasteiger partial charge in [0.25, 0.3) is 0 Å². The minimum absolute atomic E-state index is 0.404. The third-order valence-electron chi connectivity index (χ3n) is 3.38. The van der Waals surface area contributed by atoms with Crippen LogP contribution in [-0.2, 0) is 0 Å². The van der Waals surface area contributed by atoms with Gasteiger partial charge < -0.3 is 20.8 Å². The van der Waals surface area contributed by atoms with E-state index in [-0.39, 0.29) is 0 Å². The number of thiophene rings is 2. The number of rotatable bonds is 11. The van der Waals surface area contributed by atoms with Crippen molar-refractivity contribution in [3.8, 4) is 0 Å². The van der Waals surface area contributed by atoms with Gasteiger partial charge in [-0.2, -0.15) is 0 Å². The Balaban J connectivity index is 1.43. The molecule has 0 saturated carbocycles. The Labute approximate surface area is 139 Å². The highest BCUT2D eigenvalue weighted by atomic mass is 32.1. The fraction of sp³-hybridized carbons (Fsp3) is 0.500. The van der Waals surface area contributed by atoms with Crippen molar-refractivity contribution in [2.45, 2.75) is 25.0 Å². The highest BCUT2D eigenvalue weighted by Crippen LogP contribution is 2.18. The maximum absolute atomic E-state index is 9.91. The average molecular weight is 341 g/mol. The molecule has 0 aliphatic carbocycles. The molecule has 2 aromatic heterocycles. The lowest BCUT2D eigenvalue weighted by molar-refractivity contribution is 0.176. The number of hydrogen-bond acceptors (Lipinski definition) is 6. The molecule has 22 heavy (non-hydrogen) atoms. The molecule has 0 aliphatic rings. The Kier molecular flexibility index (Phi) is 8.07. The monoisotopic (exact) mass is 340 g/mol. The second-order valence-corrected chi connectivity index (χ2v) is 7.14. The number of unbranched alkanes of at least 4 members (excludes halogenated alkanes) is 1. The van der Waals surface area contributed by atoms with Crippen molar-refractivity contribution in [3.05, 3.63) is 44.8 Å². The first-order chi connectivity index (χ1) is 10.8. The molecule has 4 N–H and O–H groups in total. The molecule has 2 heterocycles. The Bertz CT molecular complexity index is 442. The average Bonchev–Trinajstić information content (AvgIpc) is 3.22. The van der Waals surface area contributed by atoms with Crippen LogP contribution in [0.1, 0.15) is 34.8 Å². The van der Waals surface area contributed by atoms with Gasteiger partial charge in [0.1, 0.15) is 12.2 Å². The van der Waals surface area contributed by atoms with Crippen molar-refractivity contribution in [3.63, 3.8) is 0 Å². The SMILES string of the molecule is O[C@@H](CNCCCCNC[C@H](O)c1cccs1)c1cccs1. The molecule has 0 unspecified atom stereocenters. The summed E-state index contributed by atoms with van der Waals surface area (Å²) in [5.41, 5.74) is 0. The predicted octanol–water partition coefficient (Wildman–Crippen LogP) is 2.54. The van der Waals surface area contributed by atoms with Crippen LogP contribution in [0.4, 0.5) is 0 Å². The Hall–Kier alpha value is -0.760. The van der Waals surface area contributed by atoms with E-state index in [4.69, 9.17) is 0 Å². The number of aliphatic hydroxyl groups is 2. The van der Waals surface area contributed by atoms with E-state index in [1.54, 1.807) is 22.7 Å². The molecule has 0 bridgehead atoms. The Morgan fingerprint density at radius 1 is 0.818 bits per heavy atom. The molecule has 2 rings (SSSR count). The summed E-state index contributed by atoms with van der Waals surface area (Å²) in [7, 11) is 0. The second kappa shape index (κ2) is 10.1. The van der Waals surface area contributed by atoms with Crippen LogP contribution in [0.25, 0.3) is 0 Å². The molecule has 4 nitrogen and oxygen atoms in total. The fourth-order valence-electron chi connectivity index (χ4n) is 2.14. The summed E-state index contributed by atoms with van der Waals surface area (Å²) in [5, 5.41) is 30.3. The van der Waals surface area contributed by atoms with Gasteiger partial charge in [-0.25, -0.2) is 0 Å². The zero-order chi connectivity index (χ0) is 15.6. The van der Waals surface area contributed by atoms with Gasteiger partial charge in [-0.05, 0) is 48.8 Å². The van der Waals surface area contributed by atoms with Gasteiger partial charge in [-0.3, -0.25) is 0 Å². The molecule has 0 amide bonds. The first kappa shape index (κ1) is 17.6. The second-order valence-electron chi connectivity index (χ2n) is 5.18. The van der Waals surface area contributed by atoms with Crippen molar-refractivity contribution in [2.75, 3.05) is 26.2 Å². The summed E-state index contributed by atoms with van der Waals surface area (Å²) in [6, 6.07) is 7.83. The van der Waals surface area contributed by atoms with E-state index in [9.17, 15) is 10.2 Å². The van der Waals surface area contributed by atoms with Crippen molar-refractivity contribution >= 4 is 22.7 Å². The molecule has 6 heteroatoms. The zero-order valence-corrected chi connectivity index (χ0v) is 14.2. The van der Waals surface area contributed by atoms with E-state index in [1.165, 1.54) is 0 Å². The van der Waals surface area contributed by atoms with Gasteiger partial charge in [0, 0.05) is 22.8 Å². The van der Waals surface area contributed by atoms with Crippen molar-refractivity contribution < 1.29 is 10.2 Å². The molecule has 2 aromatic rings. The summed E-state index contributed by atoms with van der Waals surface area (Å²) in [4.78, 5) is 2.02. The lowest BCUT2D eigenvalue weighted by Crippen LogP contribution is -2.25. The van der Waals surface area contributed by atoms with Gasteiger partial charge >= 0.3 is 0 Å². The minimum atomic E-state index is -0.404. The van der Waals surface area contributed by atoms with Crippen LogP contribution >= 0.6 is 22.7 Å². The molecular formula is C16H24N2O2S2. The van der Waals surface area contributed by atoms with Crippen molar-refractivity contribution in [1.82, 2.24) is 10.6 Å². The van der Waals surface area contributed by atoms with Gasteiger partial charge in [0.05, 0.1) is 0 Å². The summed E-state index contributed by atoms with van der Waals surface area (Å²) < 4.78 is 0. The zero-order valence-electron chi connectivity index (χ0n) is 12.6. The van der Waals surface area contributed by atoms with Crippen LogP contribution in [0.5, 0.6) is 0 Å². The lowest BCUT2D eigenvalue weighted by Gasteiger charge is -2.11. The summed E-state index contributed by atoms with van der Waals surface area (Å²) in [6.45, 7) is 3.01. The third kappa shape index (κ3) is 6.16. The summed E-state index contributed by atoms with van der Waals surface area (Å²) >= 11 is 3.17. The molecule has 0 fully saturated rings. The fourth-order valence-corrected chi connectivity index (χ4v) is 3.56. The van der Waals surface area contributed by atoms with Crippen LogP contribution < -0.4 is 10.6 Å². The van der Waals surface area contributed by atoms with E-state index in [0.717, 1.165) is 35.7 Å². The largest absolute Gasteiger partial charge is 0.386 e. The highest BCUT2D eigenvalue weighted by molar-refractivity contribution is 7.10. The smallest absolute Gasteiger partial charge is 0.101 e. The summed E-state index contributed by atoms with van der Waals surface area (Å²) in [5.74, 6) is 0. The third-order valence-corrected chi connectivity index (χ3v) is 5.32. The van der Waals surface area contributed by atoms with Gasteiger partial charge in [0.15, 0.2) is 0 Å². The van der Waals surface area contributed by atoms with Crippen LogP contribution in [0.2, 0.25) is 0 Å². The van der Waals surface area contributed by atoms with E-state index in [0.29, 0.717) is 13.1 Å². The van der Waals surface area contributed by atoms with Crippen molar-refractivity contribution in [1.29, 1.82) is 0 Å².